The van der Waals surface area contributed by atoms with E-state index in [2.05, 4.69) is 20.1 Å². The van der Waals surface area contributed by atoms with Crippen LogP contribution in [0.3, 0.4) is 0 Å². The minimum Gasteiger partial charge on any atom is -0.365 e. The highest BCUT2D eigenvalue weighted by atomic mass is 35.5. The number of fused-ring (bicyclic) bond motifs is 3. The molecule has 0 bridgehead atoms. The molecule has 36 heavy (non-hydrogen) atoms. The molecule has 1 saturated heterocycles. The van der Waals surface area contributed by atoms with E-state index in [1.165, 1.54) is 5.56 Å². The molecular formula is C27H28ClN5O3. The van der Waals surface area contributed by atoms with Crippen molar-refractivity contribution in [2.75, 3.05) is 31.1 Å². The lowest BCUT2D eigenvalue weighted by molar-refractivity contribution is -0.384. The molecular weight excluding hydrogens is 478 g/mol. The van der Waals surface area contributed by atoms with Crippen LogP contribution >= 0.6 is 11.6 Å². The number of nitrogens with one attached hydrogen (secondary N) is 1. The van der Waals surface area contributed by atoms with Crippen molar-refractivity contribution in [3.8, 4) is 0 Å². The number of non-ortho nitro benzene ring substituents is 1. The quantitative estimate of drug-likeness (QED) is 0.387. The van der Waals surface area contributed by atoms with Gasteiger partial charge in [-0.2, -0.15) is 0 Å². The van der Waals surface area contributed by atoms with Gasteiger partial charge in [0.05, 0.1) is 16.9 Å². The number of benzene rings is 2. The van der Waals surface area contributed by atoms with Gasteiger partial charge in [-0.1, -0.05) is 29.8 Å². The summed E-state index contributed by atoms with van der Waals surface area (Å²) in [6.45, 7) is 3.60. The van der Waals surface area contributed by atoms with Crippen LogP contribution in [0.4, 0.5) is 11.4 Å². The van der Waals surface area contributed by atoms with Gasteiger partial charge in [0.15, 0.2) is 0 Å². The topological polar surface area (TPSA) is 91.6 Å². The van der Waals surface area contributed by atoms with Gasteiger partial charge in [0.1, 0.15) is 0 Å². The van der Waals surface area contributed by atoms with Gasteiger partial charge in [0.25, 0.3) is 5.69 Å². The number of carbonyl (C=O) groups is 1. The molecule has 0 radical (unpaired) electrons. The molecule has 0 aliphatic carbocycles. The van der Waals surface area contributed by atoms with Crippen LogP contribution in [0.15, 0.2) is 66.9 Å². The Hall–Kier alpha value is -3.49. The summed E-state index contributed by atoms with van der Waals surface area (Å²) in [7, 11) is 0. The minimum atomic E-state index is -0.377. The first-order chi connectivity index (χ1) is 17.5. The van der Waals surface area contributed by atoms with Gasteiger partial charge < -0.3 is 10.2 Å². The number of nitro groups is 1. The number of halogens is 1. The molecule has 1 aromatic heterocycles. The van der Waals surface area contributed by atoms with Gasteiger partial charge in [0, 0.05) is 73.9 Å². The first-order valence-corrected chi connectivity index (χ1v) is 12.5. The van der Waals surface area contributed by atoms with Crippen molar-refractivity contribution in [2.24, 2.45) is 5.92 Å². The summed E-state index contributed by atoms with van der Waals surface area (Å²) in [5, 5.41) is 15.2. The molecule has 8 nitrogen and oxygen atoms in total. The third-order valence-electron chi connectivity index (χ3n) is 7.05. The summed E-state index contributed by atoms with van der Waals surface area (Å²) in [4.78, 5) is 33.4. The molecule has 2 aliphatic heterocycles. The van der Waals surface area contributed by atoms with Crippen LogP contribution in [0, 0.1) is 16.0 Å². The van der Waals surface area contributed by atoms with Crippen molar-refractivity contribution < 1.29 is 9.72 Å². The molecule has 2 aliphatic rings. The van der Waals surface area contributed by atoms with Gasteiger partial charge in [-0.15, -0.1) is 0 Å². The second-order valence-electron chi connectivity index (χ2n) is 9.37. The normalized spacial score (nSPS) is 19.3. The number of pyridine rings is 1. The van der Waals surface area contributed by atoms with Gasteiger partial charge in [0.2, 0.25) is 5.91 Å². The Morgan fingerprint density at radius 3 is 2.72 bits per heavy atom. The maximum atomic E-state index is 13.4. The number of nitro benzene ring substituents is 1. The molecule has 1 fully saturated rings. The summed E-state index contributed by atoms with van der Waals surface area (Å²) >= 11 is 6.05. The van der Waals surface area contributed by atoms with Crippen LogP contribution in [-0.2, 0) is 24.2 Å². The Morgan fingerprint density at radius 1 is 1.14 bits per heavy atom. The number of rotatable bonds is 7. The maximum absolute atomic E-state index is 13.4. The van der Waals surface area contributed by atoms with E-state index in [9.17, 15) is 14.9 Å². The smallest absolute Gasteiger partial charge is 0.269 e. The number of hydrogen-bond donors (Lipinski definition) is 1. The van der Waals surface area contributed by atoms with Gasteiger partial charge in [-0.3, -0.25) is 24.8 Å². The number of anilines is 1. The van der Waals surface area contributed by atoms with E-state index in [1.54, 1.807) is 18.3 Å². The monoisotopic (exact) mass is 505 g/mol. The van der Waals surface area contributed by atoms with E-state index < -0.39 is 0 Å². The van der Waals surface area contributed by atoms with E-state index in [4.69, 9.17) is 11.6 Å². The number of nitrogens with zero attached hydrogens (tertiary/aromatic N) is 4. The number of hydrogen-bond acceptors (Lipinski definition) is 6. The van der Waals surface area contributed by atoms with Crippen molar-refractivity contribution in [3.05, 3.63) is 98.8 Å². The molecule has 0 unspecified atom stereocenters. The lowest BCUT2D eigenvalue weighted by Crippen LogP contribution is -2.61. The first-order valence-electron chi connectivity index (χ1n) is 12.2. The Bertz CT molecular complexity index is 1240. The minimum absolute atomic E-state index is 0.0187. The number of carbonyl (C=O) groups excluding carboxylic acids is 1. The average Bonchev–Trinajstić information content (AvgIpc) is 2.89. The molecule has 2 atom stereocenters. The van der Waals surface area contributed by atoms with Gasteiger partial charge >= 0.3 is 0 Å². The highest BCUT2D eigenvalue weighted by Gasteiger charge is 2.41. The largest absolute Gasteiger partial charge is 0.365 e. The predicted molar refractivity (Wildman–Crippen MR) is 139 cm³/mol. The lowest BCUT2D eigenvalue weighted by atomic mass is 9.83. The summed E-state index contributed by atoms with van der Waals surface area (Å²) < 4.78 is 0. The van der Waals surface area contributed by atoms with Crippen LogP contribution in [0.1, 0.15) is 16.8 Å². The number of amides is 1. The van der Waals surface area contributed by atoms with Gasteiger partial charge in [-0.05, 0) is 47.9 Å². The second-order valence-corrected chi connectivity index (χ2v) is 9.80. The van der Waals surface area contributed by atoms with E-state index in [0.29, 0.717) is 24.4 Å². The van der Waals surface area contributed by atoms with Crippen molar-refractivity contribution in [1.82, 2.24) is 15.2 Å². The summed E-state index contributed by atoms with van der Waals surface area (Å²) in [5.41, 5.74) is 4.01. The molecule has 1 amide bonds. The molecule has 0 saturated carbocycles. The van der Waals surface area contributed by atoms with E-state index in [-0.39, 0.29) is 28.5 Å². The Balaban J connectivity index is 1.35. The van der Waals surface area contributed by atoms with Crippen molar-refractivity contribution >= 4 is 28.9 Å². The molecule has 2 aromatic carbocycles. The molecule has 5 rings (SSSR count). The molecule has 1 N–H and O–H groups in total. The SMILES string of the molecule is O=C(NCCc1ccccn1)[C@@H]1Cc2cc([N+](=O)[O-])ccc2N2CCN(Cc3ccc(Cl)cc3)C[C@H]12. The lowest BCUT2D eigenvalue weighted by Gasteiger charge is -2.49. The van der Waals surface area contributed by atoms with Crippen molar-refractivity contribution in [1.29, 1.82) is 0 Å². The highest BCUT2D eigenvalue weighted by Crippen LogP contribution is 2.38. The van der Waals surface area contributed by atoms with Crippen LogP contribution in [0.25, 0.3) is 0 Å². The van der Waals surface area contributed by atoms with Gasteiger partial charge in [-0.25, -0.2) is 0 Å². The van der Waals surface area contributed by atoms with Crippen LogP contribution in [-0.4, -0.2) is 52.9 Å². The van der Waals surface area contributed by atoms with Crippen LogP contribution in [0.2, 0.25) is 5.02 Å². The zero-order chi connectivity index (χ0) is 25.1. The molecule has 0 spiro atoms. The summed E-state index contributed by atoms with van der Waals surface area (Å²) in [5.74, 6) is -0.331. The number of piperazine rings is 1. The Labute approximate surface area is 215 Å². The van der Waals surface area contributed by atoms with E-state index >= 15 is 0 Å². The highest BCUT2D eigenvalue weighted by molar-refractivity contribution is 6.30. The third-order valence-corrected chi connectivity index (χ3v) is 7.31. The zero-order valence-corrected chi connectivity index (χ0v) is 20.6. The Kier molecular flexibility index (Phi) is 7.16. The second kappa shape index (κ2) is 10.6. The summed E-state index contributed by atoms with van der Waals surface area (Å²) in [6.07, 6.45) is 2.87. The molecule has 3 aromatic rings. The van der Waals surface area contributed by atoms with Crippen molar-refractivity contribution in [3.63, 3.8) is 0 Å². The van der Waals surface area contributed by atoms with Crippen LogP contribution < -0.4 is 10.2 Å². The fourth-order valence-corrected chi connectivity index (χ4v) is 5.39. The Morgan fingerprint density at radius 2 is 1.97 bits per heavy atom. The van der Waals surface area contributed by atoms with E-state index in [0.717, 1.165) is 43.1 Å². The van der Waals surface area contributed by atoms with Crippen LogP contribution in [0.5, 0.6) is 0 Å². The number of aromatic nitrogens is 1. The third kappa shape index (κ3) is 5.34. The van der Waals surface area contributed by atoms with E-state index in [1.807, 2.05) is 48.5 Å². The standard InChI is InChI=1S/C27H28ClN5O3/c28-21-6-4-19(5-7-21)17-31-13-14-32-25-9-8-23(33(35)36)15-20(25)16-24(26(32)18-31)27(34)30-12-10-22-3-1-2-11-29-22/h1-9,11,15,24,26H,10,12-14,16-18H2,(H,30,34)/t24-,26-/m1/s1. The molecule has 9 heteroatoms. The van der Waals surface area contributed by atoms with Crippen molar-refractivity contribution in [2.45, 2.75) is 25.4 Å². The predicted octanol–water partition coefficient (Wildman–Crippen LogP) is 3.87. The summed E-state index contributed by atoms with van der Waals surface area (Å²) in [6, 6.07) is 18.6. The zero-order valence-electron chi connectivity index (χ0n) is 19.8. The fraction of sp³-hybridized carbons (Fsp3) is 0.333. The first kappa shape index (κ1) is 24.2. The molecule has 186 valence electrons. The maximum Gasteiger partial charge on any atom is 0.269 e. The average molecular weight is 506 g/mol. The fourth-order valence-electron chi connectivity index (χ4n) is 5.26. The molecule has 3 heterocycles.